The van der Waals surface area contributed by atoms with Gasteiger partial charge in [0.25, 0.3) is 0 Å². The summed E-state index contributed by atoms with van der Waals surface area (Å²) in [5, 5.41) is 3.10. The molecule has 2 heteroatoms. The highest BCUT2D eigenvalue weighted by Gasteiger charge is 1.99. The van der Waals surface area contributed by atoms with E-state index in [1.54, 1.807) is 12.1 Å². The van der Waals surface area contributed by atoms with Crippen LogP contribution < -0.4 is 5.32 Å². The quantitative estimate of drug-likeness (QED) is 0.706. The molecule has 1 aromatic carbocycles. The third-order valence-corrected chi connectivity index (χ3v) is 2.22. The molecule has 0 bridgehead atoms. The highest BCUT2D eigenvalue weighted by atomic mass is 19.1. The highest BCUT2D eigenvalue weighted by molar-refractivity contribution is 5.45. The second-order valence-electron chi connectivity index (χ2n) is 3.62. The molecule has 14 heavy (non-hydrogen) atoms. The van der Waals surface area contributed by atoms with Crippen molar-refractivity contribution in [3.05, 3.63) is 29.6 Å². The lowest BCUT2D eigenvalue weighted by atomic mass is 10.2. The topological polar surface area (TPSA) is 12.0 Å². The van der Waals surface area contributed by atoms with Gasteiger partial charge >= 0.3 is 0 Å². The van der Waals surface area contributed by atoms with Crippen molar-refractivity contribution in [2.45, 2.75) is 33.1 Å². The van der Waals surface area contributed by atoms with Crippen LogP contribution in [0.2, 0.25) is 0 Å². The van der Waals surface area contributed by atoms with Gasteiger partial charge in [-0.1, -0.05) is 25.8 Å². The Hall–Kier alpha value is -1.05. The molecule has 0 saturated heterocycles. The van der Waals surface area contributed by atoms with Crippen LogP contribution in [0.5, 0.6) is 0 Å². The van der Waals surface area contributed by atoms with Crippen molar-refractivity contribution in [2.75, 3.05) is 11.9 Å². The van der Waals surface area contributed by atoms with Gasteiger partial charge in [-0.2, -0.15) is 0 Å². The molecule has 0 amide bonds. The van der Waals surface area contributed by atoms with Crippen molar-refractivity contribution in [3.8, 4) is 0 Å². The van der Waals surface area contributed by atoms with Crippen LogP contribution >= 0.6 is 0 Å². The second-order valence-corrected chi connectivity index (χ2v) is 3.62. The van der Waals surface area contributed by atoms with Crippen LogP contribution in [0, 0.1) is 12.7 Å². The van der Waals surface area contributed by atoms with E-state index in [0.29, 0.717) is 5.69 Å². The summed E-state index contributed by atoms with van der Waals surface area (Å²) in [7, 11) is 0. The third kappa shape index (κ3) is 3.36. The van der Waals surface area contributed by atoms with Crippen LogP contribution in [-0.4, -0.2) is 6.54 Å². The monoisotopic (exact) mass is 195 g/mol. The zero-order valence-corrected chi connectivity index (χ0v) is 8.94. The van der Waals surface area contributed by atoms with Gasteiger partial charge in [0.2, 0.25) is 0 Å². The van der Waals surface area contributed by atoms with E-state index in [1.807, 2.05) is 13.0 Å². The number of benzene rings is 1. The number of nitrogens with one attached hydrogen (secondary N) is 1. The Morgan fingerprint density at radius 2 is 2.07 bits per heavy atom. The Kier molecular flexibility index (Phi) is 4.44. The van der Waals surface area contributed by atoms with Gasteiger partial charge in [-0.15, -0.1) is 0 Å². The average molecular weight is 195 g/mol. The van der Waals surface area contributed by atoms with Crippen molar-refractivity contribution in [2.24, 2.45) is 0 Å². The Morgan fingerprint density at radius 3 is 2.71 bits per heavy atom. The van der Waals surface area contributed by atoms with E-state index in [2.05, 4.69) is 12.2 Å². The number of halogens is 1. The lowest BCUT2D eigenvalue weighted by Crippen LogP contribution is -2.03. The number of unbranched alkanes of at least 4 members (excludes halogenated alkanes) is 2. The molecule has 0 aromatic heterocycles. The normalized spacial score (nSPS) is 10.2. The molecular weight excluding hydrogens is 177 g/mol. The molecule has 78 valence electrons. The zero-order chi connectivity index (χ0) is 10.4. The van der Waals surface area contributed by atoms with E-state index in [4.69, 9.17) is 0 Å². The molecule has 0 atom stereocenters. The summed E-state index contributed by atoms with van der Waals surface area (Å²) in [5.74, 6) is -0.151. The summed E-state index contributed by atoms with van der Waals surface area (Å²) in [6.07, 6.45) is 3.49. The van der Waals surface area contributed by atoms with Crippen LogP contribution in [0.4, 0.5) is 10.1 Å². The summed E-state index contributed by atoms with van der Waals surface area (Å²) in [5.41, 5.74) is 1.58. The van der Waals surface area contributed by atoms with Crippen molar-refractivity contribution >= 4 is 5.69 Å². The largest absolute Gasteiger partial charge is 0.383 e. The first-order valence-corrected chi connectivity index (χ1v) is 5.24. The molecule has 0 fully saturated rings. The summed E-state index contributed by atoms with van der Waals surface area (Å²) in [6, 6.07) is 5.28. The maximum Gasteiger partial charge on any atom is 0.146 e. The van der Waals surface area contributed by atoms with E-state index < -0.39 is 0 Å². The van der Waals surface area contributed by atoms with Gasteiger partial charge in [0.1, 0.15) is 5.82 Å². The van der Waals surface area contributed by atoms with Gasteiger partial charge in [0.05, 0.1) is 5.69 Å². The molecular formula is C12H18FN. The first kappa shape index (κ1) is 11.0. The standard InChI is InChI=1S/C12H18FN/c1-3-4-5-8-14-12-7-6-10(2)9-11(12)13/h6-7,9,14H,3-5,8H2,1-2H3. The Labute approximate surface area is 85.3 Å². The summed E-state index contributed by atoms with van der Waals surface area (Å²) in [4.78, 5) is 0. The van der Waals surface area contributed by atoms with Crippen molar-refractivity contribution in [1.82, 2.24) is 0 Å². The minimum absolute atomic E-state index is 0.151. The summed E-state index contributed by atoms with van der Waals surface area (Å²) < 4.78 is 13.3. The van der Waals surface area contributed by atoms with E-state index in [1.165, 1.54) is 12.8 Å². The smallest absolute Gasteiger partial charge is 0.146 e. The molecule has 0 unspecified atom stereocenters. The molecule has 0 radical (unpaired) electrons. The van der Waals surface area contributed by atoms with E-state index >= 15 is 0 Å². The van der Waals surface area contributed by atoms with Crippen LogP contribution in [0.1, 0.15) is 31.7 Å². The van der Waals surface area contributed by atoms with Gasteiger partial charge in [0, 0.05) is 6.54 Å². The molecule has 1 rings (SSSR count). The fourth-order valence-corrected chi connectivity index (χ4v) is 1.36. The van der Waals surface area contributed by atoms with E-state index in [-0.39, 0.29) is 5.82 Å². The van der Waals surface area contributed by atoms with Crippen LogP contribution in [0.15, 0.2) is 18.2 Å². The minimum Gasteiger partial charge on any atom is -0.383 e. The molecule has 0 aliphatic rings. The molecule has 0 aliphatic carbocycles. The number of aryl methyl sites for hydroxylation is 1. The minimum atomic E-state index is -0.151. The summed E-state index contributed by atoms with van der Waals surface area (Å²) >= 11 is 0. The van der Waals surface area contributed by atoms with Gasteiger partial charge in [-0.05, 0) is 31.0 Å². The van der Waals surface area contributed by atoms with Crippen molar-refractivity contribution in [3.63, 3.8) is 0 Å². The Balaban J connectivity index is 2.42. The van der Waals surface area contributed by atoms with Gasteiger partial charge in [-0.3, -0.25) is 0 Å². The predicted octanol–water partition coefficient (Wildman–Crippen LogP) is 3.74. The highest BCUT2D eigenvalue weighted by Crippen LogP contribution is 2.15. The Bertz CT molecular complexity index is 284. The van der Waals surface area contributed by atoms with Crippen LogP contribution in [0.25, 0.3) is 0 Å². The van der Waals surface area contributed by atoms with Crippen LogP contribution in [-0.2, 0) is 0 Å². The fourth-order valence-electron chi connectivity index (χ4n) is 1.36. The molecule has 1 aromatic rings. The molecule has 0 spiro atoms. The maximum absolute atomic E-state index is 13.3. The van der Waals surface area contributed by atoms with Crippen LogP contribution in [0.3, 0.4) is 0 Å². The SMILES string of the molecule is CCCCCNc1ccc(C)cc1F. The molecule has 0 saturated carbocycles. The van der Waals surface area contributed by atoms with Crippen molar-refractivity contribution < 1.29 is 4.39 Å². The van der Waals surface area contributed by atoms with E-state index in [9.17, 15) is 4.39 Å². The van der Waals surface area contributed by atoms with Crippen molar-refractivity contribution in [1.29, 1.82) is 0 Å². The van der Waals surface area contributed by atoms with E-state index in [0.717, 1.165) is 18.5 Å². The zero-order valence-electron chi connectivity index (χ0n) is 8.94. The third-order valence-electron chi connectivity index (χ3n) is 2.22. The lowest BCUT2D eigenvalue weighted by Gasteiger charge is -2.07. The maximum atomic E-state index is 13.3. The lowest BCUT2D eigenvalue weighted by molar-refractivity contribution is 0.627. The predicted molar refractivity (Wildman–Crippen MR) is 59.2 cm³/mol. The van der Waals surface area contributed by atoms with Gasteiger partial charge in [-0.25, -0.2) is 4.39 Å². The second kappa shape index (κ2) is 5.63. The molecule has 0 aliphatic heterocycles. The first-order valence-electron chi connectivity index (χ1n) is 5.24. The molecule has 1 nitrogen and oxygen atoms in total. The number of anilines is 1. The van der Waals surface area contributed by atoms with Gasteiger partial charge in [0.15, 0.2) is 0 Å². The van der Waals surface area contributed by atoms with Gasteiger partial charge < -0.3 is 5.32 Å². The first-order chi connectivity index (χ1) is 6.74. The fraction of sp³-hybridized carbons (Fsp3) is 0.500. The summed E-state index contributed by atoms with van der Waals surface area (Å²) in [6.45, 7) is 4.91. The molecule has 0 heterocycles. The number of rotatable bonds is 5. The Morgan fingerprint density at radius 1 is 1.29 bits per heavy atom. The molecule has 1 N–H and O–H groups in total. The average Bonchev–Trinajstić information content (AvgIpc) is 2.15. The number of hydrogen-bond acceptors (Lipinski definition) is 1. The number of hydrogen-bond donors (Lipinski definition) is 1.